The van der Waals surface area contributed by atoms with E-state index in [4.69, 9.17) is 9.84 Å². The maximum absolute atomic E-state index is 11.6. The monoisotopic (exact) mass is 265 g/mol. The van der Waals surface area contributed by atoms with Crippen molar-refractivity contribution in [3.63, 3.8) is 0 Å². The maximum atomic E-state index is 11.6. The lowest BCUT2D eigenvalue weighted by Gasteiger charge is -2.17. The van der Waals surface area contributed by atoms with Gasteiger partial charge in [-0.3, -0.25) is 0 Å². The van der Waals surface area contributed by atoms with Crippen LogP contribution in [0.4, 0.5) is 0 Å². The molecule has 0 aromatic heterocycles. The minimum Gasteiger partial charge on any atom is -0.396 e. The molecule has 2 atom stereocenters. The molecule has 0 aliphatic heterocycles. The van der Waals surface area contributed by atoms with Gasteiger partial charge in [0.25, 0.3) is 0 Å². The second-order valence-corrected chi connectivity index (χ2v) is 6.57. The summed E-state index contributed by atoms with van der Waals surface area (Å²) in [6, 6.07) is 0. The Bertz CT molecular complexity index is 305. The summed E-state index contributed by atoms with van der Waals surface area (Å²) in [7, 11) is -1.62. The molecule has 1 aliphatic carbocycles. The first kappa shape index (κ1) is 14.9. The molecular weight excluding hydrogens is 242 g/mol. The van der Waals surface area contributed by atoms with E-state index in [1.165, 1.54) is 0 Å². The number of hydrogen-bond acceptors (Lipinski definition) is 4. The highest BCUT2D eigenvalue weighted by Crippen LogP contribution is 2.30. The molecule has 5 nitrogen and oxygen atoms in total. The first-order chi connectivity index (χ1) is 8.09. The number of ether oxygens (including phenoxy) is 1. The Morgan fingerprint density at radius 3 is 2.71 bits per heavy atom. The Labute approximate surface area is 104 Å². The molecule has 0 aromatic rings. The minimum absolute atomic E-state index is 0.108. The average Bonchev–Trinajstić information content (AvgIpc) is 2.74. The molecule has 102 valence electrons. The van der Waals surface area contributed by atoms with E-state index in [1.54, 1.807) is 7.11 Å². The fraction of sp³-hybridized carbons (Fsp3) is 1.00. The number of sulfonamides is 1. The van der Waals surface area contributed by atoms with Gasteiger partial charge >= 0.3 is 0 Å². The summed E-state index contributed by atoms with van der Waals surface area (Å²) in [4.78, 5) is 0. The molecule has 0 amide bonds. The van der Waals surface area contributed by atoms with Gasteiger partial charge in [-0.1, -0.05) is 6.42 Å². The average molecular weight is 265 g/mol. The van der Waals surface area contributed by atoms with Gasteiger partial charge in [0.1, 0.15) is 0 Å². The van der Waals surface area contributed by atoms with E-state index >= 15 is 0 Å². The Morgan fingerprint density at radius 1 is 1.35 bits per heavy atom. The molecule has 0 spiro atoms. The van der Waals surface area contributed by atoms with Crippen molar-refractivity contribution in [2.45, 2.75) is 25.7 Å². The molecule has 2 N–H and O–H groups in total. The lowest BCUT2D eigenvalue weighted by molar-refractivity contribution is 0.195. The second-order valence-electron chi connectivity index (χ2n) is 4.65. The molecule has 2 unspecified atom stereocenters. The first-order valence-electron chi connectivity index (χ1n) is 6.16. The van der Waals surface area contributed by atoms with Crippen molar-refractivity contribution in [3.8, 4) is 0 Å². The van der Waals surface area contributed by atoms with E-state index in [9.17, 15) is 8.42 Å². The molecule has 1 saturated carbocycles. The molecule has 6 heteroatoms. The summed E-state index contributed by atoms with van der Waals surface area (Å²) in [5.74, 6) is 0.658. The topological polar surface area (TPSA) is 75.6 Å². The molecule has 0 bridgehead atoms. The van der Waals surface area contributed by atoms with E-state index in [2.05, 4.69) is 4.72 Å². The van der Waals surface area contributed by atoms with Crippen LogP contribution in [0.5, 0.6) is 0 Å². The molecule has 1 fully saturated rings. The summed E-state index contributed by atoms with van der Waals surface area (Å²) in [5.41, 5.74) is 0. The SMILES string of the molecule is COCCCS(=O)(=O)NCC1CCCC1CO. The van der Waals surface area contributed by atoms with Crippen molar-refractivity contribution in [2.75, 3.05) is 32.6 Å². The van der Waals surface area contributed by atoms with E-state index < -0.39 is 10.0 Å². The van der Waals surface area contributed by atoms with Crippen molar-refractivity contribution in [2.24, 2.45) is 11.8 Å². The third-order valence-electron chi connectivity index (χ3n) is 3.38. The predicted octanol–water partition coefficient (Wildman–Crippen LogP) is 0.351. The molecule has 0 radical (unpaired) electrons. The van der Waals surface area contributed by atoms with E-state index in [1.807, 2.05) is 0 Å². The highest BCUT2D eigenvalue weighted by atomic mass is 32.2. The van der Waals surface area contributed by atoms with Gasteiger partial charge in [-0.2, -0.15) is 0 Å². The van der Waals surface area contributed by atoms with Crippen LogP contribution >= 0.6 is 0 Å². The summed E-state index contributed by atoms with van der Waals surface area (Å²) < 4.78 is 30.7. The standard InChI is InChI=1S/C11H23NO4S/c1-16-6-3-7-17(14,15)12-8-10-4-2-5-11(10)9-13/h10-13H,2-9H2,1H3. The van der Waals surface area contributed by atoms with Gasteiger partial charge in [-0.25, -0.2) is 13.1 Å². The molecule has 0 saturated heterocycles. The van der Waals surface area contributed by atoms with Crippen LogP contribution in [-0.2, 0) is 14.8 Å². The fourth-order valence-corrected chi connectivity index (χ4v) is 3.43. The van der Waals surface area contributed by atoms with Crippen molar-refractivity contribution in [1.82, 2.24) is 4.72 Å². The smallest absolute Gasteiger partial charge is 0.211 e. The largest absolute Gasteiger partial charge is 0.396 e. The quantitative estimate of drug-likeness (QED) is 0.621. The number of methoxy groups -OCH3 is 1. The first-order valence-corrected chi connectivity index (χ1v) is 7.81. The van der Waals surface area contributed by atoms with Crippen molar-refractivity contribution < 1.29 is 18.3 Å². The van der Waals surface area contributed by atoms with Gasteiger partial charge in [0.05, 0.1) is 5.75 Å². The molecule has 1 aliphatic rings. The van der Waals surface area contributed by atoms with Crippen LogP contribution in [0.15, 0.2) is 0 Å². The van der Waals surface area contributed by atoms with Gasteiger partial charge in [-0.15, -0.1) is 0 Å². The molecule has 17 heavy (non-hydrogen) atoms. The maximum Gasteiger partial charge on any atom is 0.211 e. The third kappa shape index (κ3) is 5.33. The van der Waals surface area contributed by atoms with Crippen LogP contribution in [0.1, 0.15) is 25.7 Å². The van der Waals surface area contributed by atoms with Gasteiger partial charge < -0.3 is 9.84 Å². The molecule has 1 rings (SSSR count). The second kappa shape index (κ2) is 7.31. The summed E-state index contributed by atoms with van der Waals surface area (Å²) >= 11 is 0. The predicted molar refractivity (Wildman–Crippen MR) is 66.2 cm³/mol. The zero-order chi connectivity index (χ0) is 12.7. The van der Waals surface area contributed by atoms with E-state index in [0.29, 0.717) is 19.6 Å². The lowest BCUT2D eigenvalue weighted by Crippen LogP contribution is -2.33. The minimum atomic E-state index is -3.18. The fourth-order valence-electron chi connectivity index (χ4n) is 2.32. The number of rotatable bonds is 8. The Morgan fingerprint density at radius 2 is 2.06 bits per heavy atom. The van der Waals surface area contributed by atoms with Gasteiger partial charge in [0.2, 0.25) is 10.0 Å². The molecule has 0 heterocycles. The molecule has 0 aromatic carbocycles. The van der Waals surface area contributed by atoms with Crippen molar-refractivity contribution >= 4 is 10.0 Å². The third-order valence-corrected chi connectivity index (χ3v) is 4.81. The summed E-state index contributed by atoms with van der Waals surface area (Å²) in [6.07, 6.45) is 3.61. The zero-order valence-electron chi connectivity index (χ0n) is 10.4. The Balaban J connectivity index is 2.28. The Hall–Kier alpha value is -0.170. The van der Waals surface area contributed by atoms with Gasteiger partial charge in [-0.05, 0) is 31.1 Å². The van der Waals surface area contributed by atoms with Gasteiger partial charge in [0.15, 0.2) is 0 Å². The lowest BCUT2D eigenvalue weighted by atomic mass is 9.97. The van der Waals surface area contributed by atoms with Crippen LogP contribution in [0.2, 0.25) is 0 Å². The van der Waals surface area contributed by atoms with E-state index in [0.717, 1.165) is 19.3 Å². The van der Waals surface area contributed by atoms with E-state index in [-0.39, 0.29) is 24.2 Å². The van der Waals surface area contributed by atoms with Crippen LogP contribution < -0.4 is 4.72 Å². The van der Waals surface area contributed by atoms with Crippen LogP contribution in [0.25, 0.3) is 0 Å². The summed E-state index contributed by atoms with van der Waals surface area (Å²) in [5, 5.41) is 9.15. The normalized spacial score (nSPS) is 25.3. The summed E-state index contributed by atoms with van der Waals surface area (Å²) in [6.45, 7) is 1.08. The van der Waals surface area contributed by atoms with Crippen LogP contribution in [0, 0.1) is 11.8 Å². The number of aliphatic hydroxyl groups is 1. The highest BCUT2D eigenvalue weighted by molar-refractivity contribution is 7.89. The van der Waals surface area contributed by atoms with Crippen molar-refractivity contribution in [3.05, 3.63) is 0 Å². The highest BCUT2D eigenvalue weighted by Gasteiger charge is 2.27. The zero-order valence-corrected chi connectivity index (χ0v) is 11.2. The van der Waals surface area contributed by atoms with Crippen LogP contribution in [-0.4, -0.2) is 46.1 Å². The van der Waals surface area contributed by atoms with Gasteiger partial charge in [0, 0.05) is 26.9 Å². The van der Waals surface area contributed by atoms with Crippen molar-refractivity contribution in [1.29, 1.82) is 0 Å². The number of hydrogen-bond donors (Lipinski definition) is 2. The molecular formula is C11H23NO4S. The number of aliphatic hydroxyl groups excluding tert-OH is 1. The van der Waals surface area contributed by atoms with Crippen LogP contribution in [0.3, 0.4) is 0 Å². The Kier molecular flexibility index (Phi) is 6.40. The number of nitrogens with one attached hydrogen (secondary N) is 1.